The Morgan fingerprint density at radius 3 is 2.53 bits per heavy atom. The molecule has 0 aromatic carbocycles. The summed E-state index contributed by atoms with van der Waals surface area (Å²) < 4.78 is 1.84. The fourth-order valence-electron chi connectivity index (χ4n) is 3.99. The number of halogens is 1. The Kier molecular flexibility index (Phi) is 3.61. The average Bonchev–Trinajstić information content (AvgIpc) is 3.08. The first-order chi connectivity index (χ1) is 9.13. The molecule has 1 aromatic heterocycles. The normalized spacial score (nSPS) is 31.1. The van der Waals surface area contributed by atoms with E-state index in [9.17, 15) is 5.11 Å². The van der Waals surface area contributed by atoms with Crippen molar-refractivity contribution in [3.8, 4) is 0 Å². The van der Waals surface area contributed by atoms with Gasteiger partial charge in [-0.2, -0.15) is 5.10 Å². The van der Waals surface area contributed by atoms with E-state index in [0.717, 1.165) is 34.7 Å². The number of hydrogen-bond acceptors (Lipinski definition) is 2. The number of nitrogens with zero attached hydrogens (tertiary/aromatic N) is 2. The summed E-state index contributed by atoms with van der Waals surface area (Å²) in [5, 5.41) is 15.7. The van der Waals surface area contributed by atoms with Gasteiger partial charge in [0.15, 0.2) is 0 Å². The Labute approximate surface area is 120 Å². The predicted octanol–water partition coefficient (Wildman–Crippen LogP) is 2.98. The Balaban J connectivity index is 1.70. The van der Waals surface area contributed by atoms with Crippen LogP contribution in [0, 0.1) is 17.8 Å². The highest BCUT2D eigenvalue weighted by molar-refractivity contribution is 6.31. The molecule has 3 atom stereocenters. The summed E-state index contributed by atoms with van der Waals surface area (Å²) in [6.07, 6.45) is 6.56. The van der Waals surface area contributed by atoms with Crippen molar-refractivity contribution < 1.29 is 5.11 Å². The van der Waals surface area contributed by atoms with E-state index in [0.29, 0.717) is 12.3 Å². The molecule has 0 spiro atoms. The zero-order valence-corrected chi connectivity index (χ0v) is 12.5. The van der Waals surface area contributed by atoms with Gasteiger partial charge in [-0.25, -0.2) is 0 Å². The average molecular weight is 283 g/mol. The molecule has 2 fully saturated rings. The number of aromatic nitrogens is 2. The third-order valence-electron chi connectivity index (χ3n) is 5.07. The first-order valence-corrected chi connectivity index (χ1v) is 7.89. The minimum absolute atomic E-state index is 0.245. The molecule has 106 valence electrons. The highest BCUT2D eigenvalue weighted by atomic mass is 35.5. The largest absolute Gasteiger partial charge is 0.392 e. The van der Waals surface area contributed by atoms with Crippen LogP contribution in [-0.2, 0) is 19.9 Å². The van der Waals surface area contributed by atoms with Crippen LogP contribution in [0.1, 0.15) is 44.0 Å². The molecule has 0 saturated heterocycles. The van der Waals surface area contributed by atoms with Crippen molar-refractivity contribution in [3.05, 3.63) is 16.4 Å². The van der Waals surface area contributed by atoms with E-state index < -0.39 is 0 Å². The Morgan fingerprint density at radius 1 is 1.37 bits per heavy atom. The van der Waals surface area contributed by atoms with Gasteiger partial charge in [0.25, 0.3) is 0 Å². The molecule has 0 aliphatic heterocycles. The van der Waals surface area contributed by atoms with Gasteiger partial charge in [0.1, 0.15) is 0 Å². The number of aliphatic hydroxyl groups excluding tert-OH is 1. The summed E-state index contributed by atoms with van der Waals surface area (Å²) >= 11 is 6.36. The lowest BCUT2D eigenvalue weighted by molar-refractivity contribution is 0.138. The predicted molar refractivity (Wildman–Crippen MR) is 76.2 cm³/mol. The van der Waals surface area contributed by atoms with E-state index >= 15 is 0 Å². The van der Waals surface area contributed by atoms with Crippen molar-refractivity contribution >= 4 is 11.6 Å². The second-order valence-electron chi connectivity index (χ2n) is 6.15. The Bertz CT molecular complexity index is 459. The summed E-state index contributed by atoms with van der Waals surface area (Å²) in [4.78, 5) is 0. The number of aryl methyl sites for hydroxylation is 2. The Morgan fingerprint density at radius 2 is 2.00 bits per heavy atom. The standard InChI is InChI=1S/C15H23ClN2O/c1-3-11-15(16)12(18(2)17-11)8-13(19)14-9-6-4-5-7-10(9)14/h9-10,13-14,19H,3-8H2,1-2H3. The molecule has 1 aromatic rings. The number of rotatable bonds is 4. The van der Waals surface area contributed by atoms with E-state index in [-0.39, 0.29) is 6.10 Å². The maximum Gasteiger partial charge on any atom is 0.0850 e. The van der Waals surface area contributed by atoms with Gasteiger partial charge in [-0.3, -0.25) is 4.68 Å². The SMILES string of the molecule is CCc1nn(C)c(CC(O)C2C3CCCCC32)c1Cl. The number of fused-ring (bicyclic) bond motifs is 1. The molecule has 2 saturated carbocycles. The van der Waals surface area contributed by atoms with Crippen LogP contribution in [-0.4, -0.2) is 21.0 Å². The maximum absolute atomic E-state index is 10.5. The second-order valence-corrected chi connectivity index (χ2v) is 6.52. The van der Waals surface area contributed by atoms with Crippen molar-refractivity contribution in [1.82, 2.24) is 9.78 Å². The molecule has 3 unspecified atom stereocenters. The van der Waals surface area contributed by atoms with Crippen LogP contribution >= 0.6 is 11.6 Å². The van der Waals surface area contributed by atoms with Crippen molar-refractivity contribution in [2.24, 2.45) is 24.8 Å². The summed E-state index contributed by atoms with van der Waals surface area (Å²) in [5.41, 5.74) is 1.94. The monoisotopic (exact) mass is 282 g/mol. The van der Waals surface area contributed by atoms with E-state index in [1.165, 1.54) is 25.7 Å². The number of aliphatic hydroxyl groups is 1. The topological polar surface area (TPSA) is 38.0 Å². The lowest BCUT2D eigenvalue weighted by Gasteiger charge is -2.11. The highest BCUT2D eigenvalue weighted by Gasteiger charge is 2.53. The summed E-state index contributed by atoms with van der Waals surface area (Å²) in [5.74, 6) is 2.07. The van der Waals surface area contributed by atoms with Crippen molar-refractivity contribution in [2.45, 2.75) is 51.6 Å². The van der Waals surface area contributed by atoms with Gasteiger partial charge in [0.05, 0.1) is 22.5 Å². The summed E-state index contributed by atoms with van der Waals surface area (Å²) in [7, 11) is 1.92. The van der Waals surface area contributed by atoms with Crippen molar-refractivity contribution in [1.29, 1.82) is 0 Å². The first-order valence-electron chi connectivity index (χ1n) is 7.51. The lowest BCUT2D eigenvalue weighted by atomic mass is 10.0. The molecule has 4 heteroatoms. The molecule has 1 heterocycles. The van der Waals surface area contributed by atoms with Gasteiger partial charge in [0.2, 0.25) is 0 Å². The molecular formula is C15H23ClN2O. The van der Waals surface area contributed by atoms with Crippen LogP contribution in [0.5, 0.6) is 0 Å². The third kappa shape index (κ3) is 2.31. The van der Waals surface area contributed by atoms with E-state index in [1.54, 1.807) is 0 Å². The summed E-state index contributed by atoms with van der Waals surface area (Å²) in [6.45, 7) is 2.06. The van der Waals surface area contributed by atoms with E-state index in [2.05, 4.69) is 12.0 Å². The molecule has 19 heavy (non-hydrogen) atoms. The van der Waals surface area contributed by atoms with Gasteiger partial charge < -0.3 is 5.11 Å². The summed E-state index contributed by atoms with van der Waals surface area (Å²) in [6, 6.07) is 0. The maximum atomic E-state index is 10.5. The van der Waals surface area contributed by atoms with Gasteiger partial charge in [0, 0.05) is 13.5 Å². The Hall–Kier alpha value is -0.540. The molecule has 3 rings (SSSR count). The molecule has 2 aliphatic carbocycles. The van der Waals surface area contributed by atoms with E-state index in [4.69, 9.17) is 11.6 Å². The van der Waals surface area contributed by atoms with Crippen LogP contribution in [0.15, 0.2) is 0 Å². The molecule has 0 bridgehead atoms. The molecular weight excluding hydrogens is 260 g/mol. The third-order valence-corrected chi connectivity index (χ3v) is 5.51. The number of hydrogen-bond donors (Lipinski definition) is 1. The van der Waals surface area contributed by atoms with E-state index in [1.807, 2.05) is 11.7 Å². The van der Waals surface area contributed by atoms with Gasteiger partial charge in [-0.1, -0.05) is 31.4 Å². The minimum atomic E-state index is -0.245. The molecule has 3 nitrogen and oxygen atoms in total. The highest BCUT2D eigenvalue weighted by Crippen LogP contribution is 2.57. The fourth-order valence-corrected chi connectivity index (χ4v) is 4.37. The minimum Gasteiger partial charge on any atom is -0.392 e. The van der Waals surface area contributed by atoms with Crippen LogP contribution in [0.2, 0.25) is 5.02 Å². The van der Waals surface area contributed by atoms with Crippen LogP contribution in [0.3, 0.4) is 0 Å². The van der Waals surface area contributed by atoms with Crippen LogP contribution < -0.4 is 0 Å². The second kappa shape index (κ2) is 5.10. The van der Waals surface area contributed by atoms with Crippen LogP contribution in [0.4, 0.5) is 0 Å². The van der Waals surface area contributed by atoms with Crippen LogP contribution in [0.25, 0.3) is 0 Å². The lowest BCUT2D eigenvalue weighted by Crippen LogP contribution is -2.17. The van der Waals surface area contributed by atoms with Crippen molar-refractivity contribution in [2.75, 3.05) is 0 Å². The zero-order valence-electron chi connectivity index (χ0n) is 11.8. The van der Waals surface area contributed by atoms with Gasteiger partial charge in [-0.15, -0.1) is 0 Å². The van der Waals surface area contributed by atoms with Gasteiger partial charge in [-0.05, 0) is 37.0 Å². The fraction of sp³-hybridized carbons (Fsp3) is 0.800. The molecule has 2 aliphatic rings. The molecule has 0 radical (unpaired) electrons. The first kappa shape index (κ1) is 13.4. The molecule has 0 amide bonds. The quantitative estimate of drug-likeness (QED) is 0.922. The van der Waals surface area contributed by atoms with Gasteiger partial charge >= 0.3 is 0 Å². The molecule has 1 N–H and O–H groups in total. The van der Waals surface area contributed by atoms with Crippen molar-refractivity contribution in [3.63, 3.8) is 0 Å². The smallest absolute Gasteiger partial charge is 0.0850 e. The zero-order chi connectivity index (χ0) is 13.6.